The summed E-state index contributed by atoms with van der Waals surface area (Å²) in [7, 11) is 0. The first kappa shape index (κ1) is 10.4. The third-order valence-corrected chi connectivity index (χ3v) is 2.91. The molecule has 0 saturated heterocycles. The van der Waals surface area contributed by atoms with E-state index in [1.165, 1.54) is 3.57 Å². The van der Waals surface area contributed by atoms with Gasteiger partial charge in [0.1, 0.15) is 0 Å². The van der Waals surface area contributed by atoms with Crippen LogP contribution < -0.4 is 0 Å². The molecule has 0 bridgehead atoms. The van der Waals surface area contributed by atoms with Crippen LogP contribution in [0, 0.1) is 35.2 Å². The van der Waals surface area contributed by atoms with Gasteiger partial charge in [0.05, 0.1) is 6.10 Å². The Balaban J connectivity index is 2.09. The van der Waals surface area contributed by atoms with Crippen molar-refractivity contribution in [2.24, 2.45) is 0 Å². The van der Waals surface area contributed by atoms with Gasteiger partial charge in [0.25, 0.3) is 0 Å². The molecule has 0 amide bonds. The van der Waals surface area contributed by atoms with Gasteiger partial charge in [0.2, 0.25) is 0 Å². The Morgan fingerprint density at radius 3 is 2.14 bits per heavy atom. The Kier molecular flexibility index (Phi) is 3.44. The van der Waals surface area contributed by atoms with Crippen LogP contribution in [-0.2, 0) is 0 Å². The van der Waals surface area contributed by atoms with Crippen LogP contribution in [0.1, 0.15) is 11.7 Å². The predicted octanol–water partition coefficient (Wildman–Crippen LogP) is 2.73. The SMILES string of the molecule is O[C@@H]([C]1[CH][CH][CH][CH]1)c1ccc(I)cc1. The molecule has 0 spiro atoms. The predicted molar refractivity (Wildman–Crippen MR) is 64.6 cm³/mol. The van der Waals surface area contributed by atoms with Crippen molar-refractivity contribution in [3.05, 3.63) is 65.0 Å². The van der Waals surface area contributed by atoms with E-state index in [9.17, 15) is 5.11 Å². The Morgan fingerprint density at radius 2 is 1.57 bits per heavy atom. The topological polar surface area (TPSA) is 20.2 Å². The zero-order valence-electron chi connectivity index (χ0n) is 7.52. The fourth-order valence-corrected chi connectivity index (χ4v) is 1.77. The van der Waals surface area contributed by atoms with Crippen LogP contribution in [0.25, 0.3) is 0 Å². The molecule has 1 aliphatic rings. The summed E-state index contributed by atoms with van der Waals surface area (Å²) in [6.07, 6.45) is 7.24. The summed E-state index contributed by atoms with van der Waals surface area (Å²) in [4.78, 5) is 0. The highest BCUT2D eigenvalue weighted by molar-refractivity contribution is 14.1. The normalized spacial score (nSPS) is 19.9. The summed E-state index contributed by atoms with van der Waals surface area (Å²) in [5.74, 6) is 0.950. The highest BCUT2D eigenvalue weighted by Crippen LogP contribution is 2.34. The molecule has 1 aliphatic carbocycles. The first-order valence-corrected chi connectivity index (χ1v) is 5.50. The van der Waals surface area contributed by atoms with Crippen LogP contribution in [0.15, 0.2) is 24.3 Å². The first-order valence-electron chi connectivity index (χ1n) is 4.42. The Labute approximate surface area is 98.7 Å². The monoisotopic (exact) mass is 297 g/mol. The van der Waals surface area contributed by atoms with Crippen molar-refractivity contribution in [3.8, 4) is 0 Å². The second-order valence-electron chi connectivity index (χ2n) is 3.17. The van der Waals surface area contributed by atoms with E-state index in [0.717, 1.165) is 11.5 Å². The molecular weight excluding hydrogens is 287 g/mol. The minimum Gasteiger partial charge on any atom is -0.388 e. The van der Waals surface area contributed by atoms with Gasteiger partial charge in [-0.05, 0) is 66.0 Å². The Hall–Kier alpha value is -0.0900. The molecule has 1 N–H and O–H groups in total. The molecule has 0 aromatic heterocycles. The molecule has 0 unspecified atom stereocenters. The van der Waals surface area contributed by atoms with Gasteiger partial charge in [-0.15, -0.1) is 0 Å². The zero-order chi connectivity index (χ0) is 9.97. The van der Waals surface area contributed by atoms with Gasteiger partial charge >= 0.3 is 0 Å². The fraction of sp³-hybridized carbons (Fsp3) is 0.0833. The summed E-state index contributed by atoms with van der Waals surface area (Å²) in [6, 6.07) is 7.92. The van der Waals surface area contributed by atoms with Crippen LogP contribution >= 0.6 is 22.6 Å². The van der Waals surface area contributed by atoms with Crippen LogP contribution in [0.4, 0.5) is 0 Å². The van der Waals surface area contributed by atoms with Crippen LogP contribution in [-0.4, -0.2) is 5.11 Å². The lowest BCUT2D eigenvalue weighted by Crippen LogP contribution is -2.07. The minimum atomic E-state index is -0.498. The first-order chi connectivity index (χ1) is 6.77. The van der Waals surface area contributed by atoms with E-state index in [1.807, 2.05) is 49.9 Å². The van der Waals surface area contributed by atoms with Crippen molar-refractivity contribution in [3.63, 3.8) is 0 Å². The van der Waals surface area contributed by atoms with E-state index in [1.54, 1.807) is 0 Å². The van der Waals surface area contributed by atoms with Gasteiger partial charge in [0.15, 0.2) is 0 Å². The third kappa shape index (κ3) is 2.28. The number of rotatable bonds is 2. The average molecular weight is 297 g/mol. The quantitative estimate of drug-likeness (QED) is 0.832. The lowest BCUT2D eigenvalue weighted by atomic mass is 9.95. The fourth-order valence-electron chi connectivity index (χ4n) is 1.41. The van der Waals surface area contributed by atoms with E-state index in [0.29, 0.717) is 0 Å². The van der Waals surface area contributed by atoms with Gasteiger partial charge in [-0.3, -0.25) is 0 Å². The molecule has 14 heavy (non-hydrogen) atoms. The van der Waals surface area contributed by atoms with Gasteiger partial charge in [-0.2, -0.15) is 0 Å². The summed E-state index contributed by atoms with van der Waals surface area (Å²) < 4.78 is 1.18. The second-order valence-corrected chi connectivity index (χ2v) is 4.42. The van der Waals surface area contributed by atoms with Crippen molar-refractivity contribution >= 4 is 22.6 Å². The summed E-state index contributed by atoms with van der Waals surface area (Å²) in [6.45, 7) is 0. The largest absolute Gasteiger partial charge is 0.388 e. The second kappa shape index (κ2) is 4.62. The summed E-state index contributed by atoms with van der Waals surface area (Å²) in [5.41, 5.74) is 0.941. The Morgan fingerprint density at radius 1 is 1.00 bits per heavy atom. The molecule has 1 atom stereocenters. The van der Waals surface area contributed by atoms with Gasteiger partial charge in [-0.1, -0.05) is 12.1 Å². The number of hydrogen-bond donors (Lipinski definition) is 1. The van der Waals surface area contributed by atoms with E-state index >= 15 is 0 Å². The lowest BCUT2D eigenvalue weighted by molar-refractivity contribution is 0.200. The summed E-state index contributed by atoms with van der Waals surface area (Å²) >= 11 is 2.25. The van der Waals surface area contributed by atoms with E-state index in [-0.39, 0.29) is 0 Å². The molecule has 1 nitrogen and oxygen atoms in total. The van der Waals surface area contributed by atoms with E-state index in [2.05, 4.69) is 22.6 Å². The molecule has 1 fully saturated rings. The zero-order valence-corrected chi connectivity index (χ0v) is 9.68. The van der Waals surface area contributed by atoms with Gasteiger partial charge in [-0.25, -0.2) is 0 Å². The molecule has 71 valence electrons. The maximum absolute atomic E-state index is 9.97. The molecule has 1 saturated carbocycles. The molecular formula is C12H10IO. The van der Waals surface area contributed by atoms with Crippen molar-refractivity contribution in [1.82, 2.24) is 0 Å². The minimum absolute atomic E-state index is 0.498. The smallest absolute Gasteiger partial charge is 0.0858 e. The molecule has 1 aromatic carbocycles. The molecule has 1 aromatic rings. The standard InChI is InChI=1S/C12H10IO/c13-11-7-5-10(6-8-11)12(14)9-3-1-2-4-9/h1-8,12,14H/t12-/m0/s1. The average Bonchev–Trinajstić information content (AvgIpc) is 2.71. The van der Waals surface area contributed by atoms with Crippen molar-refractivity contribution < 1.29 is 5.11 Å². The van der Waals surface area contributed by atoms with Crippen molar-refractivity contribution in [2.45, 2.75) is 6.10 Å². The number of aliphatic hydroxyl groups excluding tert-OH is 1. The molecule has 0 heterocycles. The van der Waals surface area contributed by atoms with Crippen LogP contribution in [0.2, 0.25) is 0 Å². The number of aliphatic hydroxyl groups is 1. The highest BCUT2D eigenvalue weighted by atomic mass is 127. The van der Waals surface area contributed by atoms with Crippen molar-refractivity contribution in [1.29, 1.82) is 0 Å². The van der Waals surface area contributed by atoms with Gasteiger partial charge < -0.3 is 5.11 Å². The molecule has 2 rings (SSSR count). The molecule has 0 aliphatic heterocycles. The number of hydrogen-bond acceptors (Lipinski definition) is 1. The lowest BCUT2D eigenvalue weighted by Gasteiger charge is -2.16. The van der Waals surface area contributed by atoms with Gasteiger partial charge in [0, 0.05) is 9.49 Å². The van der Waals surface area contributed by atoms with Crippen molar-refractivity contribution in [2.75, 3.05) is 0 Å². The van der Waals surface area contributed by atoms with E-state index in [4.69, 9.17) is 0 Å². The third-order valence-electron chi connectivity index (χ3n) is 2.19. The van der Waals surface area contributed by atoms with Crippen LogP contribution in [0.5, 0.6) is 0 Å². The number of halogens is 1. The molecule has 5 radical (unpaired) electrons. The summed E-state index contributed by atoms with van der Waals surface area (Å²) in [5, 5.41) is 9.97. The maximum Gasteiger partial charge on any atom is 0.0858 e. The molecule has 2 heteroatoms. The van der Waals surface area contributed by atoms with E-state index < -0.39 is 6.10 Å². The Bertz CT molecular complexity index is 288. The maximum atomic E-state index is 9.97. The highest BCUT2D eigenvalue weighted by Gasteiger charge is 2.25. The number of benzene rings is 1. The van der Waals surface area contributed by atoms with Crippen LogP contribution in [0.3, 0.4) is 0 Å².